The quantitative estimate of drug-likeness (QED) is 0.111. The van der Waals surface area contributed by atoms with Gasteiger partial charge in [0.15, 0.2) is 11.6 Å². The third-order valence-electron chi connectivity index (χ3n) is 18.7. The molecule has 2 heterocycles. The molecule has 0 aromatic heterocycles. The summed E-state index contributed by atoms with van der Waals surface area (Å²) in [7, 11) is 1.91. The zero-order valence-electron chi connectivity index (χ0n) is 40.1. The molecule has 0 aromatic carbocycles. The normalized spacial score (nSPS) is 51.2. The molecule has 8 aliphatic carbocycles. The first-order valence-corrected chi connectivity index (χ1v) is 25.1. The second kappa shape index (κ2) is 20.4. The molecule has 10 aliphatic rings. The van der Waals surface area contributed by atoms with Crippen LogP contribution in [0.5, 0.6) is 0 Å². The summed E-state index contributed by atoms with van der Waals surface area (Å²) in [5.74, 6) is 4.59. The smallest absolute Gasteiger partial charge is 1.00 e. The number of fused-ring (bicyclic) bond motifs is 16. The van der Waals surface area contributed by atoms with Gasteiger partial charge in [-0.25, -0.2) is 0 Å². The molecule has 2 aliphatic heterocycles. The monoisotopic (exact) mass is 992 g/mol. The van der Waals surface area contributed by atoms with Gasteiger partial charge in [0.1, 0.15) is 0 Å². The van der Waals surface area contributed by atoms with Crippen LogP contribution in [-0.2, 0) is 33.4 Å². The third-order valence-corrected chi connectivity index (χ3v) is 18.7. The maximum Gasteiger partial charge on any atom is 1.00 e. The molecule has 0 amide bonds. The van der Waals surface area contributed by atoms with Crippen LogP contribution in [0.25, 0.3) is 0 Å². The van der Waals surface area contributed by atoms with E-state index in [1.54, 1.807) is 0 Å². The van der Waals surface area contributed by atoms with Crippen LogP contribution < -0.4 is 108 Å². The number of aliphatic hydroxyl groups excluding tert-OH is 1. The van der Waals surface area contributed by atoms with Crippen molar-refractivity contribution in [3.63, 3.8) is 0 Å². The maximum atomic E-state index is 10.5. The number of carbonyl (C=O) groups is 1. The van der Waals surface area contributed by atoms with Crippen LogP contribution in [-0.4, -0.2) is 71.8 Å². The fourth-order valence-electron chi connectivity index (χ4n) is 16.7. The van der Waals surface area contributed by atoms with Crippen LogP contribution in [0.4, 0.5) is 0 Å². The predicted octanol–water partition coefficient (Wildman–Crippen LogP) is 3.30. The van der Waals surface area contributed by atoms with Crippen LogP contribution in [0, 0.1) is 69.0 Å². The Morgan fingerprint density at radius 2 is 1.02 bits per heavy atom. The Morgan fingerprint density at radius 1 is 0.610 bits per heavy atom. The summed E-state index contributed by atoms with van der Waals surface area (Å²) in [5.41, 5.74) is 1.59. The summed E-state index contributed by atoms with van der Waals surface area (Å²) in [6.07, 6.45) is 22.1. The molecule has 9 nitrogen and oxygen atoms in total. The van der Waals surface area contributed by atoms with Gasteiger partial charge >= 0.3 is 103 Å². The second-order valence-electron chi connectivity index (χ2n) is 22.4. The molecule has 0 spiro atoms. The fourth-order valence-corrected chi connectivity index (χ4v) is 16.7. The van der Waals surface area contributed by atoms with Gasteiger partial charge in [0.2, 0.25) is 0 Å². The molecule has 59 heavy (non-hydrogen) atoms. The van der Waals surface area contributed by atoms with Gasteiger partial charge in [0.05, 0.1) is 36.6 Å². The summed E-state index contributed by atoms with van der Waals surface area (Å²) >= 11 is 2.15. The van der Waals surface area contributed by atoms with Crippen molar-refractivity contribution in [3.05, 3.63) is 0 Å². The molecule has 0 radical (unpaired) electrons. The van der Waals surface area contributed by atoms with Crippen LogP contribution in [0.3, 0.4) is 0 Å². The van der Waals surface area contributed by atoms with Gasteiger partial charge in [-0.1, -0.05) is 76.0 Å². The van der Waals surface area contributed by atoms with Crippen molar-refractivity contribution in [1.82, 2.24) is 0 Å². The first kappa shape index (κ1) is 53.2. The Balaban J connectivity index is 0.000000224. The van der Waals surface area contributed by atoms with Crippen molar-refractivity contribution in [1.29, 1.82) is 0 Å². The number of aliphatic hydroxyl groups is 1. The minimum absolute atomic E-state index is 0. The zero-order chi connectivity index (χ0) is 41.3. The van der Waals surface area contributed by atoms with E-state index in [-0.39, 0.29) is 129 Å². The van der Waals surface area contributed by atoms with Gasteiger partial charge in [-0.2, -0.15) is 0 Å². The fraction of sp³-hybridized carbons (Fsp3) is 0.979. The number of hydrogen-bond donors (Lipinski definition) is 1. The molecule has 0 bridgehead atoms. The molecule has 1 N–H and O–H groups in total. The number of rotatable bonds is 2. The van der Waals surface area contributed by atoms with E-state index < -0.39 is 11.6 Å². The van der Waals surface area contributed by atoms with E-state index in [2.05, 4.69) is 82.9 Å². The van der Waals surface area contributed by atoms with Crippen LogP contribution >= 0.6 is 22.6 Å². The summed E-state index contributed by atoms with van der Waals surface area (Å²) in [6.45, 7) is 18.5. The number of ether oxygens (including phenoxy) is 5. The predicted molar refractivity (Wildman–Crippen MR) is 227 cm³/mol. The van der Waals surface area contributed by atoms with Crippen molar-refractivity contribution >= 4 is 29.1 Å². The maximum absolute atomic E-state index is 10.5. The average Bonchev–Trinajstić information content (AvgIpc) is 3.89. The summed E-state index contributed by atoms with van der Waals surface area (Å²) in [4.78, 5) is 13.2. The molecule has 2 saturated heterocycles. The van der Waals surface area contributed by atoms with E-state index in [0.717, 1.165) is 30.6 Å². The molecular weight excluding hydrogens is 914 g/mol. The van der Waals surface area contributed by atoms with Crippen molar-refractivity contribution in [2.45, 2.75) is 206 Å². The van der Waals surface area contributed by atoms with E-state index in [9.17, 15) is 5.11 Å². The molecule has 8 saturated carbocycles. The van der Waals surface area contributed by atoms with Gasteiger partial charge in [0, 0.05) is 7.11 Å². The van der Waals surface area contributed by atoms with E-state index in [1.807, 2.05) is 12.0 Å². The number of carbonyl (C=O) groups excluding carboxylic acids is 1. The van der Waals surface area contributed by atoms with Crippen molar-refractivity contribution in [3.8, 4) is 0 Å². The number of hydrogen-bond acceptors (Lipinski definition) is 9. The van der Waals surface area contributed by atoms with Crippen molar-refractivity contribution in [2.24, 2.45) is 69.0 Å². The van der Waals surface area contributed by atoms with E-state index in [4.69, 9.17) is 33.7 Å². The van der Waals surface area contributed by atoms with E-state index in [0.29, 0.717) is 69.6 Å². The van der Waals surface area contributed by atoms with Crippen molar-refractivity contribution < 1.29 is 148 Å². The Hall–Kier alpha value is 3.19. The van der Waals surface area contributed by atoms with Crippen LogP contribution in [0.1, 0.15) is 160 Å². The van der Waals surface area contributed by atoms with Crippen LogP contribution in [0.2, 0.25) is 0 Å². The van der Waals surface area contributed by atoms with Gasteiger partial charge < -0.3 is 40.4 Å². The SMILES string of the molecule is CC1(C)O[C@@H]2C3C4CC(O)C[C@@]4(C)CCC3[C@@]3(C)CCCCC3[C@H]2O1.CI.COC1CC2C3C(CC[C@]2(C)C1)[C@@]1(C)CCCCC1[C@H]1OC(C)(C)O[C@H]31.O=CO[O-].[H-].[K+].[K+]. The first-order valence-electron chi connectivity index (χ1n) is 22.9. The van der Waals surface area contributed by atoms with Gasteiger partial charge in [-0.3, -0.25) is 4.79 Å². The minimum Gasteiger partial charge on any atom is -1.00 e. The second-order valence-corrected chi connectivity index (χ2v) is 22.4. The molecule has 0 aromatic rings. The molecular formula is C47H79IK2O9. The van der Waals surface area contributed by atoms with E-state index >= 15 is 0 Å². The molecule has 10 fully saturated rings. The number of methoxy groups -OCH3 is 1. The number of halogens is 1. The standard InChI is InChI=1S/C23H38O3.C22H36O3.CH3I.CH2O3.2K.H/c1-21(2)25-19-16-8-6-7-10-23(16,4)15-9-11-22(3)13-14(24-5)12-17(22)18(15)20(19)26-21;1-20(2)24-18-15-7-5-6-9-22(15,4)14-8-10-21(3)12-13(23)11-16(21)17(14)19(18)25-20;1-2;2-1-4-3;;;/h14-20H,6-13H2,1-5H3;13-19,23H,5-12H2,1-4H3;1H3;1,3H;;;/q;;;;2*+1;-1/p-1/t14?,15?,16?,17?,18?,19-,20-,22-,23-;13?,14?,15?,16?,17?,18-,19-,21-,22-;;;;;/m11...../s1. The number of alkyl halides is 1. The summed E-state index contributed by atoms with van der Waals surface area (Å²) in [5, 5.41) is 18.9. The summed E-state index contributed by atoms with van der Waals surface area (Å²) < 4.78 is 32.3. The molecule has 18 atom stereocenters. The molecule has 10 rings (SSSR count). The topological polar surface area (TPSA) is 116 Å². The summed E-state index contributed by atoms with van der Waals surface area (Å²) in [6, 6.07) is 0. The van der Waals surface area contributed by atoms with Gasteiger partial charge in [0.25, 0.3) is 6.47 Å². The van der Waals surface area contributed by atoms with Crippen LogP contribution in [0.15, 0.2) is 0 Å². The average molecular weight is 993 g/mol. The van der Waals surface area contributed by atoms with E-state index in [1.165, 1.54) is 89.9 Å². The first-order chi connectivity index (χ1) is 26.9. The Kier molecular flexibility index (Phi) is 18.4. The van der Waals surface area contributed by atoms with Gasteiger partial charge in [-0.05, 0) is 179 Å². The molecule has 10 unspecified atom stereocenters. The Labute approximate surface area is 457 Å². The van der Waals surface area contributed by atoms with Crippen molar-refractivity contribution in [2.75, 3.05) is 12.0 Å². The minimum atomic E-state index is -0.451. The Morgan fingerprint density at radius 3 is 1.44 bits per heavy atom. The largest absolute Gasteiger partial charge is 1.00 e. The molecule has 12 heteroatoms. The van der Waals surface area contributed by atoms with Gasteiger partial charge in [-0.15, -0.1) is 0 Å². The third kappa shape index (κ3) is 9.76. The molecule has 330 valence electrons. The zero-order valence-corrected chi connectivity index (χ0v) is 47.5. The Bertz CT molecular complexity index is 1430.